The van der Waals surface area contributed by atoms with Crippen molar-refractivity contribution < 1.29 is 18.0 Å². The fraction of sp³-hybridized carbons (Fsp3) is 0.857. The second-order valence-corrected chi connectivity index (χ2v) is 8.91. The zero-order valence-electron chi connectivity index (χ0n) is 12.3. The van der Waals surface area contributed by atoms with Crippen molar-refractivity contribution in [2.75, 3.05) is 18.1 Å². The van der Waals surface area contributed by atoms with Gasteiger partial charge in [0.2, 0.25) is 11.8 Å². The molecule has 2 amide bonds. The molecule has 7 heteroatoms. The van der Waals surface area contributed by atoms with E-state index in [4.69, 9.17) is 0 Å². The Hall–Kier alpha value is -1.11. The largest absolute Gasteiger partial charge is 0.340 e. The van der Waals surface area contributed by atoms with Crippen LogP contribution in [0.25, 0.3) is 0 Å². The summed E-state index contributed by atoms with van der Waals surface area (Å²) in [4.78, 5) is 26.6. The van der Waals surface area contributed by atoms with Crippen LogP contribution in [0.5, 0.6) is 0 Å². The molecule has 0 aromatic rings. The van der Waals surface area contributed by atoms with Gasteiger partial charge in [-0.15, -0.1) is 0 Å². The number of hydrogen-bond donors (Lipinski definition) is 1. The van der Waals surface area contributed by atoms with Gasteiger partial charge in [-0.25, -0.2) is 8.42 Å². The number of sulfone groups is 1. The molecule has 6 nitrogen and oxygen atoms in total. The molecule has 2 heterocycles. The van der Waals surface area contributed by atoms with Gasteiger partial charge in [-0.05, 0) is 32.1 Å². The van der Waals surface area contributed by atoms with Gasteiger partial charge in [-0.1, -0.05) is 12.8 Å². The first-order valence-electron chi connectivity index (χ1n) is 7.66. The second-order valence-electron chi connectivity index (χ2n) is 6.68. The lowest BCUT2D eigenvalue weighted by molar-refractivity contribution is -0.154. The number of amides is 2. The average Bonchev–Trinajstić information content (AvgIpc) is 3.00. The molecule has 2 saturated heterocycles. The van der Waals surface area contributed by atoms with Crippen molar-refractivity contribution in [3.63, 3.8) is 0 Å². The highest BCUT2D eigenvalue weighted by Gasteiger charge is 2.51. The minimum atomic E-state index is -2.96. The van der Waals surface area contributed by atoms with Crippen LogP contribution in [0.4, 0.5) is 0 Å². The molecule has 118 valence electrons. The standard InChI is InChI=1S/C14H22N2O4S/c1-10-12(17)15-14(5-2-3-6-14)13(18)16(10)8-11-4-7-21(19,20)9-11/h10-11H,2-9H2,1H3,(H,15,17). The number of carbonyl (C=O) groups is 2. The van der Waals surface area contributed by atoms with Crippen LogP contribution >= 0.6 is 0 Å². The van der Waals surface area contributed by atoms with Crippen LogP contribution < -0.4 is 5.32 Å². The van der Waals surface area contributed by atoms with Gasteiger partial charge >= 0.3 is 0 Å². The maximum Gasteiger partial charge on any atom is 0.249 e. The highest BCUT2D eigenvalue weighted by Crippen LogP contribution is 2.35. The molecular formula is C14H22N2O4S. The van der Waals surface area contributed by atoms with Crippen molar-refractivity contribution in [2.24, 2.45) is 5.92 Å². The van der Waals surface area contributed by atoms with Gasteiger partial charge in [-0.2, -0.15) is 0 Å². The van der Waals surface area contributed by atoms with E-state index in [0.717, 1.165) is 12.8 Å². The molecule has 21 heavy (non-hydrogen) atoms. The van der Waals surface area contributed by atoms with Gasteiger partial charge in [0.25, 0.3) is 0 Å². The van der Waals surface area contributed by atoms with E-state index in [1.54, 1.807) is 11.8 Å². The molecule has 3 aliphatic rings. The van der Waals surface area contributed by atoms with Crippen LogP contribution in [0.2, 0.25) is 0 Å². The van der Waals surface area contributed by atoms with Gasteiger partial charge in [-0.3, -0.25) is 9.59 Å². The van der Waals surface area contributed by atoms with E-state index < -0.39 is 21.4 Å². The van der Waals surface area contributed by atoms with E-state index in [1.165, 1.54) is 0 Å². The van der Waals surface area contributed by atoms with Gasteiger partial charge in [0.15, 0.2) is 9.84 Å². The molecule has 0 aromatic heterocycles. The maximum absolute atomic E-state index is 12.8. The van der Waals surface area contributed by atoms with E-state index in [2.05, 4.69) is 5.32 Å². The molecule has 3 fully saturated rings. The molecule has 1 saturated carbocycles. The normalized spacial score (nSPS) is 34.4. The topological polar surface area (TPSA) is 83.6 Å². The van der Waals surface area contributed by atoms with Gasteiger partial charge in [0.1, 0.15) is 11.6 Å². The second kappa shape index (κ2) is 4.97. The number of hydrogen-bond acceptors (Lipinski definition) is 4. The number of carbonyl (C=O) groups excluding carboxylic acids is 2. The van der Waals surface area contributed by atoms with Crippen LogP contribution in [-0.4, -0.2) is 54.8 Å². The van der Waals surface area contributed by atoms with Gasteiger partial charge in [0.05, 0.1) is 11.5 Å². The Morgan fingerprint density at radius 1 is 1.29 bits per heavy atom. The molecule has 2 unspecified atom stereocenters. The first-order valence-corrected chi connectivity index (χ1v) is 9.49. The molecule has 0 aromatic carbocycles. The van der Waals surface area contributed by atoms with E-state index in [-0.39, 0.29) is 29.2 Å². The molecule has 2 aliphatic heterocycles. The van der Waals surface area contributed by atoms with Crippen molar-refractivity contribution in [1.82, 2.24) is 10.2 Å². The Morgan fingerprint density at radius 3 is 2.52 bits per heavy atom. The predicted octanol–water partition coefficient (Wildman–Crippen LogP) is 0.0808. The fourth-order valence-corrected chi connectivity index (χ4v) is 5.69. The fourth-order valence-electron chi connectivity index (χ4n) is 3.84. The summed E-state index contributed by atoms with van der Waals surface area (Å²) < 4.78 is 23.2. The molecule has 0 bridgehead atoms. The Morgan fingerprint density at radius 2 is 1.95 bits per heavy atom. The van der Waals surface area contributed by atoms with E-state index >= 15 is 0 Å². The van der Waals surface area contributed by atoms with Crippen molar-refractivity contribution in [2.45, 2.75) is 50.6 Å². The summed E-state index contributed by atoms with van der Waals surface area (Å²) in [6, 6.07) is -0.507. The molecule has 3 rings (SSSR count). The third-order valence-corrected chi connectivity index (χ3v) is 6.96. The van der Waals surface area contributed by atoms with Gasteiger partial charge in [0, 0.05) is 6.54 Å². The molecule has 1 aliphatic carbocycles. The summed E-state index contributed by atoms with van der Waals surface area (Å²) in [7, 11) is -2.96. The summed E-state index contributed by atoms with van der Waals surface area (Å²) in [5, 5.41) is 2.91. The maximum atomic E-state index is 12.8. The van der Waals surface area contributed by atoms with E-state index in [1.807, 2.05) is 0 Å². The van der Waals surface area contributed by atoms with Crippen molar-refractivity contribution in [1.29, 1.82) is 0 Å². The number of nitrogens with zero attached hydrogens (tertiary/aromatic N) is 1. The van der Waals surface area contributed by atoms with E-state index in [0.29, 0.717) is 25.8 Å². The Labute approximate surface area is 125 Å². The third kappa shape index (κ3) is 2.56. The monoisotopic (exact) mass is 314 g/mol. The Bertz CT molecular complexity index is 566. The molecule has 1 spiro atoms. The van der Waals surface area contributed by atoms with Crippen molar-refractivity contribution in [3.05, 3.63) is 0 Å². The minimum Gasteiger partial charge on any atom is -0.340 e. The summed E-state index contributed by atoms with van der Waals surface area (Å²) in [6.45, 7) is 2.10. The lowest BCUT2D eigenvalue weighted by atomic mass is 9.90. The quantitative estimate of drug-likeness (QED) is 0.782. The molecular weight excluding hydrogens is 292 g/mol. The van der Waals surface area contributed by atoms with Crippen LogP contribution in [0.1, 0.15) is 39.0 Å². The van der Waals surface area contributed by atoms with Gasteiger partial charge < -0.3 is 10.2 Å². The van der Waals surface area contributed by atoms with Crippen LogP contribution in [-0.2, 0) is 19.4 Å². The zero-order chi connectivity index (χ0) is 15.3. The summed E-state index contributed by atoms with van der Waals surface area (Å²) in [6.07, 6.45) is 3.89. The van der Waals surface area contributed by atoms with Crippen molar-refractivity contribution in [3.8, 4) is 0 Å². The third-order valence-electron chi connectivity index (χ3n) is 5.12. The Balaban J connectivity index is 1.79. The highest BCUT2D eigenvalue weighted by molar-refractivity contribution is 7.91. The number of nitrogens with one attached hydrogen (secondary N) is 1. The lowest BCUT2D eigenvalue weighted by Crippen LogP contribution is -2.69. The SMILES string of the molecule is CC1C(=O)NC2(CCCC2)C(=O)N1CC1CCS(=O)(=O)C1. The predicted molar refractivity (Wildman–Crippen MR) is 77.3 cm³/mol. The highest BCUT2D eigenvalue weighted by atomic mass is 32.2. The summed E-state index contributed by atoms with van der Waals surface area (Å²) in [5.41, 5.74) is -0.721. The lowest BCUT2D eigenvalue weighted by Gasteiger charge is -2.44. The van der Waals surface area contributed by atoms with Crippen molar-refractivity contribution >= 4 is 21.7 Å². The van der Waals surface area contributed by atoms with Crippen LogP contribution in [0.3, 0.4) is 0 Å². The summed E-state index contributed by atoms with van der Waals surface area (Å²) >= 11 is 0. The minimum absolute atomic E-state index is 0.0172. The number of rotatable bonds is 2. The van der Waals surface area contributed by atoms with E-state index in [9.17, 15) is 18.0 Å². The Kier molecular flexibility index (Phi) is 3.50. The zero-order valence-corrected chi connectivity index (χ0v) is 13.1. The van der Waals surface area contributed by atoms with Crippen LogP contribution in [0.15, 0.2) is 0 Å². The first-order chi connectivity index (χ1) is 9.83. The van der Waals surface area contributed by atoms with Crippen LogP contribution in [0, 0.1) is 5.92 Å². The molecule has 1 N–H and O–H groups in total. The average molecular weight is 314 g/mol. The summed E-state index contributed by atoms with van der Waals surface area (Å²) in [5.74, 6) is 0.170. The first kappa shape index (κ1) is 14.8. The molecule has 0 radical (unpaired) electrons. The molecule has 2 atom stereocenters. The smallest absolute Gasteiger partial charge is 0.249 e. The number of piperazine rings is 1.